The van der Waals surface area contributed by atoms with Crippen LogP contribution < -0.4 is 0 Å². The predicted molar refractivity (Wildman–Crippen MR) is 120 cm³/mol. The monoisotopic (exact) mass is 386 g/mol. The highest BCUT2D eigenvalue weighted by atomic mass is 16.7. The molecule has 0 unspecified atom stereocenters. The summed E-state index contributed by atoms with van der Waals surface area (Å²) in [6.45, 7) is 6.53. The van der Waals surface area contributed by atoms with Crippen LogP contribution in [0.3, 0.4) is 0 Å². The lowest BCUT2D eigenvalue weighted by atomic mass is 10.0. The van der Waals surface area contributed by atoms with Gasteiger partial charge in [0.25, 0.3) is 0 Å². The molecule has 0 aromatic carbocycles. The SMILES string of the molecule is CCC.CCCCCCCCCCCCCCCCCC(=O)O[N+](C)(C)C. The van der Waals surface area contributed by atoms with Crippen molar-refractivity contribution < 1.29 is 14.3 Å². The van der Waals surface area contributed by atoms with Crippen LogP contribution in [0.4, 0.5) is 0 Å². The number of carbonyl (C=O) groups is 1. The van der Waals surface area contributed by atoms with Crippen molar-refractivity contribution in [3.05, 3.63) is 0 Å². The lowest BCUT2D eigenvalue weighted by Crippen LogP contribution is -2.36. The van der Waals surface area contributed by atoms with E-state index in [4.69, 9.17) is 4.84 Å². The van der Waals surface area contributed by atoms with Crippen molar-refractivity contribution in [2.24, 2.45) is 0 Å². The van der Waals surface area contributed by atoms with Gasteiger partial charge in [-0.05, 0) is 6.42 Å². The molecule has 0 aliphatic rings. The highest BCUT2D eigenvalue weighted by molar-refractivity contribution is 5.68. The summed E-state index contributed by atoms with van der Waals surface area (Å²) in [5.74, 6) is -0.0720. The summed E-state index contributed by atoms with van der Waals surface area (Å²) in [5.41, 5.74) is 0. The first-order valence-electron chi connectivity index (χ1n) is 11.9. The number of carbonyl (C=O) groups excluding carboxylic acids is 1. The van der Waals surface area contributed by atoms with Crippen LogP contribution in [-0.2, 0) is 9.63 Å². The Labute approximate surface area is 171 Å². The van der Waals surface area contributed by atoms with E-state index in [9.17, 15) is 4.79 Å². The lowest BCUT2D eigenvalue weighted by molar-refractivity contribution is -1.04. The molecule has 3 heteroatoms. The van der Waals surface area contributed by atoms with E-state index >= 15 is 0 Å². The number of rotatable bonds is 17. The van der Waals surface area contributed by atoms with E-state index in [1.165, 1.54) is 89.9 Å². The van der Waals surface area contributed by atoms with Gasteiger partial charge >= 0.3 is 5.97 Å². The Bertz CT molecular complexity index is 297. The molecule has 0 heterocycles. The molecular formula is C24H52NO2+. The second-order valence-electron chi connectivity index (χ2n) is 8.76. The smallest absolute Gasteiger partial charge is 0.277 e. The van der Waals surface area contributed by atoms with Gasteiger partial charge < -0.3 is 0 Å². The fourth-order valence-corrected chi connectivity index (χ4v) is 2.99. The molecule has 3 nitrogen and oxygen atoms in total. The van der Waals surface area contributed by atoms with Crippen molar-refractivity contribution >= 4 is 5.97 Å². The minimum atomic E-state index is -0.0720. The molecule has 0 spiro atoms. The highest BCUT2D eigenvalue weighted by Crippen LogP contribution is 2.14. The zero-order valence-electron chi connectivity index (χ0n) is 19.8. The van der Waals surface area contributed by atoms with E-state index in [0.29, 0.717) is 6.42 Å². The van der Waals surface area contributed by atoms with Crippen LogP contribution in [0.1, 0.15) is 130 Å². The second kappa shape index (κ2) is 21.7. The number of nitrogens with zero attached hydrogens (tertiary/aromatic N) is 1. The highest BCUT2D eigenvalue weighted by Gasteiger charge is 2.14. The third kappa shape index (κ3) is 30.4. The van der Waals surface area contributed by atoms with E-state index in [1.54, 1.807) is 0 Å². The van der Waals surface area contributed by atoms with Crippen molar-refractivity contribution in [1.82, 2.24) is 0 Å². The van der Waals surface area contributed by atoms with Gasteiger partial charge in [0.1, 0.15) is 21.1 Å². The molecule has 0 amide bonds. The van der Waals surface area contributed by atoms with Crippen LogP contribution in [0.15, 0.2) is 0 Å². The van der Waals surface area contributed by atoms with Crippen LogP contribution in [-0.4, -0.2) is 31.8 Å². The molecular weight excluding hydrogens is 334 g/mol. The molecule has 0 aromatic heterocycles. The molecule has 0 saturated heterocycles. The van der Waals surface area contributed by atoms with Gasteiger partial charge in [0, 0.05) is 0 Å². The van der Waals surface area contributed by atoms with Crippen molar-refractivity contribution in [2.75, 3.05) is 21.1 Å². The van der Waals surface area contributed by atoms with Crippen molar-refractivity contribution in [3.8, 4) is 0 Å². The van der Waals surface area contributed by atoms with Gasteiger partial charge in [-0.2, -0.15) is 0 Å². The molecule has 27 heavy (non-hydrogen) atoms. The standard InChI is InChI=1S/C21H44NO2.C3H8/c1-5-6-7-8-9-10-11-12-13-14-15-16-17-18-19-20-21(23)24-22(2,3)4;1-3-2/h5-20H2,1-4H3;3H2,1-2H3/q+1;. The van der Waals surface area contributed by atoms with Gasteiger partial charge in [-0.1, -0.05) is 117 Å². The first-order chi connectivity index (χ1) is 12.9. The van der Waals surface area contributed by atoms with E-state index in [-0.39, 0.29) is 10.6 Å². The summed E-state index contributed by atoms with van der Waals surface area (Å²) in [4.78, 5) is 16.8. The molecule has 0 saturated carbocycles. The molecule has 0 N–H and O–H groups in total. The summed E-state index contributed by atoms with van der Waals surface area (Å²) in [6.07, 6.45) is 22.0. The fourth-order valence-electron chi connectivity index (χ4n) is 2.99. The second-order valence-corrected chi connectivity index (χ2v) is 8.76. The number of quaternary nitrogens is 1. The molecule has 0 atom stereocenters. The van der Waals surface area contributed by atoms with E-state index in [2.05, 4.69) is 20.8 Å². The van der Waals surface area contributed by atoms with E-state index in [0.717, 1.165) is 12.8 Å². The maximum absolute atomic E-state index is 11.6. The minimum Gasteiger partial charge on any atom is -0.277 e. The van der Waals surface area contributed by atoms with Crippen molar-refractivity contribution in [3.63, 3.8) is 0 Å². The third-order valence-corrected chi connectivity index (χ3v) is 4.36. The summed E-state index contributed by atoms with van der Waals surface area (Å²) < 4.78 is 0.261. The Kier molecular flexibility index (Phi) is 23.0. The number of hydrogen-bond donors (Lipinski definition) is 0. The zero-order valence-corrected chi connectivity index (χ0v) is 19.8. The summed E-state index contributed by atoms with van der Waals surface area (Å²) in [5, 5.41) is 0. The van der Waals surface area contributed by atoms with Gasteiger partial charge in [-0.25, -0.2) is 4.79 Å². The molecule has 0 aliphatic heterocycles. The maximum Gasteiger partial charge on any atom is 0.366 e. The van der Waals surface area contributed by atoms with Gasteiger partial charge in [-0.3, -0.25) is 4.84 Å². The molecule has 164 valence electrons. The summed E-state index contributed by atoms with van der Waals surface area (Å²) >= 11 is 0. The first kappa shape index (κ1) is 28.6. The van der Waals surface area contributed by atoms with E-state index in [1.807, 2.05) is 21.1 Å². The summed E-state index contributed by atoms with van der Waals surface area (Å²) in [7, 11) is 5.60. The largest absolute Gasteiger partial charge is 0.366 e. The fraction of sp³-hybridized carbons (Fsp3) is 0.958. The Morgan fingerprint density at radius 2 is 0.889 bits per heavy atom. The Hall–Kier alpha value is -0.570. The molecule has 0 bridgehead atoms. The summed E-state index contributed by atoms with van der Waals surface area (Å²) in [6, 6.07) is 0. The Balaban J connectivity index is 0. The van der Waals surface area contributed by atoms with Gasteiger partial charge in [0.2, 0.25) is 0 Å². The minimum absolute atomic E-state index is 0.0720. The molecule has 0 aliphatic carbocycles. The molecule has 0 fully saturated rings. The van der Waals surface area contributed by atoms with Gasteiger partial charge in [0.05, 0.1) is 6.42 Å². The van der Waals surface area contributed by atoms with Crippen LogP contribution in [0, 0.1) is 0 Å². The number of hydrogen-bond acceptors (Lipinski definition) is 2. The Morgan fingerprint density at radius 1 is 0.593 bits per heavy atom. The molecule has 0 radical (unpaired) electrons. The van der Waals surface area contributed by atoms with Crippen LogP contribution in [0.2, 0.25) is 0 Å². The number of hydroxylamine groups is 3. The molecule has 0 rings (SSSR count). The van der Waals surface area contributed by atoms with Crippen LogP contribution in [0.25, 0.3) is 0 Å². The third-order valence-electron chi connectivity index (χ3n) is 4.36. The normalized spacial score (nSPS) is 11.0. The predicted octanol–water partition coefficient (Wildman–Crippen LogP) is 7.83. The first-order valence-corrected chi connectivity index (χ1v) is 11.9. The quantitative estimate of drug-likeness (QED) is 0.145. The van der Waals surface area contributed by atoms with Crippen LogP contribution >= 0.6 is 0 Å². The van der Waals surface area contributed by atoms with Crippen molar-refractivity contribution in [1.29, 1.82) is 0 Å². The van der Waals surface area contributed by atoms with Crippen LogP contribution in [0.5, 0.6) is 0 Å². The topological polar surface area (TPSA) is 26.3 Å². The van der Waals surface area contributed by atoms with Gasteiger partial charge in [0.15, 0.2) is 0 Å². The Morgan fingerprint density at radius 3 is 1.19 bits per heavy atom. The maximum atomic E-state index is 11.6. The van der Waals surface area contributed by atoms with Crippen molar-refractivity contribution in [2.45, 2.75) is 130 Å². The molecule has 0 aromatic rings. The number of unbranched alkanes of at least 4 members (excludes halogenated alkanes) is 14. The zero-order chi connectivity index (χ0) is 20.8. The average molecular weight is 387 g/mol. The van der Waals surface area contributed by atoms with Gasteiger partial charge in [-0.15, -0.1) is 4.65 Å². The average Bonchev–Trinajstić information content (AvgIpc) is 2.57. The lowest BCUT2D eigenvalue weighted by Gasteiger charge is -2.20. The van der Waals surface area contributed by atoms with E-state index < -0.39 is 0 Å².